The van der Waals surface area contributed by atoms with Crippen LogP contribution < -0.4 is 0 Å². The monoisotopic (exact) mass is 681 g/mol. The van der Waals surface area contributed by atoms with E-state index < -0.39 is 0 Å². The highest BCUT2D eigenvalue weighted by atomic mass is 15.3. The zero-order chi connectivity index (χ0) is 35.1. The summed E-state index contributed by atoms with van der Waals surface area (Å²) >= 11 is 0. The highest BCUT2D eigenvalue weighted by Crippen LogP contribution is 2.39. The molecule has 7 aromatic carbocycles. The minimum Gasteiger partial charge on any atom is -0.305 e. The summed E-state index contributed by atoms with van der Waals surface area (Å²) in [7, 11) is 0. The van der Waals surface area contributed by atoms with Gasteiger partial charge in [0.25, 0.3) is 0 Å². The first-order valence-corrected chi connectivity index (χ1v) is 17.6. The van der Waals surface area contributed by atoms with E-state index in [2.05, 4.69) is 188 Å². The Morgan fingerprint density at radius 2 is 0.736 bits per heavy atom. The van der Waals surface area contributed by atoms with Gasteiger partial charge in [0.05, 0.1) is 28.1 Å². The van der Waals surface area contributed by atoms with Crippen molar-refractivity contribution in [3.05, 3.63) is 189 Å². The zero-order valence-corrected chi connectivity index (χ0v) is 28.5. The van der Waals surface area contributed by atoms with Crippen LogP contribution in [0.5, 0.6) is 0 Å². The number of fused-ring (bicyclic) bond motifs is 3. The molecule has 0 aliphatic heterocycles. The van der Waals surface area contributed by atoms with Gasteiger partial charge in [-0.3, -0.25) is 9.13 Å². The van der Waals surface area contributed by atoms with Crippen LogP contribution in [-0.4, -0.2) is 34.1 Å². The molecule has 53 heavy (non-hydrogen) atoms. The lowest BCUT2D eigenvalue weighted by Crippen LogP contribution is -2.10. The second-order valence-corrected chi connectivity index (χ2v) is 13.0. The molecule has 0 aliphatic rings. The zero-order valence-electron chi connectivity index (χ0n) is 28.5. The van der Waals surface area contributed by atoms with Crippen molar-refractivity contribution in [3.63, 3.8) is 0 Å². The fraction of sp³-hybridized carbons (Fsp3) is 0. The first-order valence-electron chi connectivity index (χ1n) is 17.6. The molecule has 0 fully saturated rings. The maximum Gasteiger partial charge on any atom is 0.168 e. The summed E-state index contributed by atoms with van der Waals surface area (Å²) in [6.45, 7) is 0. The van der Waals surface area contributed by atoms with E-state index in [9.17, 15) is 0 Å². The van der Waals surface area contributed by atoms with E-state index in [1.807, 2.05) is 12.1 Å². The van der Waals surface area contributed by atoms with E-state index in [-0.39, 0.29) is 0 Å². The van der Waals surface area contributed by atoms with E-state index in [0.29, 0.717) is 0 Å². The first kappa shape index (κ1) is 30.4. The van der Waals surface area contributed by atoms with E-state index >= 15 is 0 Å². The number of hydrogen-bond acceptors (Lipinski definition) is 4. The van der Waals surface area contributed by atoms with Gasteiger partial charge in [-0.25, -0.2) is 0 Å². The molecule has 0 N–H and O–H groups in total. The molecule has 7 heteroatoms. The molecule has 0 aliphatic carbocycles. The number of benzene rings is 7. The van der Waals surface area contributed by atoms with Crippen molar-refractivity contribution in [1.82, 2.24) is 34.1 Å². The number of para-hydroxylation sites is 3. The summed E-state index contributed by atoms with van der Waals surface area (Å²) in [6.07, 6.45) is 3.61. The van der Waals surface area contributed by atoms with Gasteiger partial charge in [-0.05, 0) is 58.7 Å². The molecule has 3 aromatic heterocycles. The predicted molar refractivity (Wildman–Crippen MR) is 212 cm³/mol. The fourth-order valence-corrected chi connectivity index (χ4v) is 7.45. The molecule has 0 unspecified atom stereocenters. The lowest BCUT2D eigenvalue weighted by atomic mass is 10.0. The lowest BCUT2D eigenvalue weighted by molar-refractivity contribution is 0.983. The van der Waals surface area contributed by atoms with Crippen LogP contribution in [0.15, 0.2) is 189 Å². The quantitative estimate of drug-likeness (QED) is 0.168. The molecule has 0 amide bonds. The first-order chi connectivity index (χ1) is 26.3. The smallest absolute Gasteiger partial charge is 0.168 e. The van der Waals surface area contributed by atoms with Crippen molar-refractivity contribution in [3.8, 4) is 62.1 Å². The Hall–Kier alpha value is -7.38. The molecule has 0 spiro atoms. The predicted octanol–water partition coefficient (Wildman–Crippen LogP) is 10.6. The van der Waals surface area contributed by atoms with Crippen molar-refractivity contribution in [1.29, 1.82) is 0 Å². The highest BCUT2D eigenvalue weighted by Gasteiger charge is 2.23. The van der Waals surface area contributed by atoms with Gasteiger partial charge < -0.3 is 4.57 Å². The molecule has 3 heterocycles. The maximum atomic E-state index is 4.71. The topological polar surface area (TPSA) is 66.3 Å². The van der Waals surface area contributed by atoms with Crippen LogP contribution in [0.4, 0.5) is 0 Å². The summed E-state index contributed by atoms with van der Waals surface area (Å²) in [5.41, 5.74) is 11.4. The van der Waals surface area contributed by atoms with Gasteiger partial charge in [0, 0.05) is 21.9 Å². The van der Waals surface area contributed by atoms with Crippen LogP contribution in [0.3, 0.4) is 0 Å². The van der Waals surface area contributed by atoms with Crippen LogP contribution in [0.2, 0.25) is 0 Å². The van der Waals surface area contributed by atoms with E-state index in [1.54, 1.807) is 12.7 Å². The van der Waals surface area contributed by atoms with Crippen LogP contribution in [0.25, 0.3) is 83.9 Å². The van der Waals surface area contributed by atoms with E-state index in [0.717, 1.165) is 73.1 Å². The number of rotatable bonds is 7. The average molecular weight is 682 g/mol. The van der Waals surface area contributed by atoms with Crippen LogP contribution in [-0.2, 0) is 0 Å². The minimum absolute atomic E-state index is 0.737. The van der Waals surface area contributed by atoms with Gasteiger partial charge in [0.2, 0.25) is 0 Å². The van der Waals surface area contributed by atoms with Crippen LogP contribution in [0, 0.1) is 0 Å². The van der Waals surface area contributed by atoms with Gasteiger partial charge >= 0.3 is 0 Å². The average Bonchev–Trinajstić information content (AvgIpc) is 4.00. The maximum absolute atomic E-state index is 4.71. The molecule has 0 bridgehead atoms. The van der Waals surface area contributed by atoms with Gasteiger partial charge in [-0.15, -0.1) is 20.4 Å². The highest BCUT2D eigenvalue weighted by molar-refractivity contribution is 6.09. The Balaban J connectivity index is 1.23. The third kappa shape index (κ3) is 5.22. The lowest BCUT2D eigenvalue weighted by Gasteiger charge is -2.21. The Morgan fingerprint density at radius 3 is 1.23 bits per heavy atom. The summed E-state index contributed by atoms with van der Waals surface area (Å²) in [5.74, 6) is 1.47. The SMILES string of the molecule is c1ccc(-c2cccc(-c3nncn3-c3cccc(-n4cnnc4-c4cccc(-c5ccccc5)c4)c3-n3c4ccccc4c4ccccc43)c2)cc1. The van der Waals surface area contributed by atoms with E-state index in [1.165, 1.54) is 10.8 Å². The molecule has 0 radical (unpaired) electrons. The van der Waals surface area contributed by atoms with Crippen molar-refractivity contribution in [2.24, 2.45) is 0 Å². The molecule has 10 rings (SSSR count). The van der Waals surface area contributed by atoms with Gasteiger partial charge in [0.15, 0.2) is 11.6 Å². The third-order valence-corrected chi connectivity index (χ3v) is 9.87. The van der Waals surface area contributed by atoms with Crippen molar-refractivity contribution >= 4 is 21.8 Å². The van der Waals surface area contributed by atoms with Crippen molar-refractivity contribution < 1.29 is 0 Å². The van der Waals surface area contributed by atoms with Crippen molar-refractivity contribution in [2.45, 2.75) is 0 Å². The number of hydrogen-bond donors (Lipinski definition) is 0. The van der Waals surface area contributed by atoms with Gasteiger partial charge in [0.1, 0.15) is 12.7 Å². The summed E-state index contributed by atoms with van der Waals surface area (Å²) in [5, 5.41) is 20.7. The third-order valence-electron chi connectivity index (χ3n) is 9.87. The number of aromatic nitrogens is 7. The number of nitrogens with zero attached hydrogens (tertiary/aromatic N) is 7. The van der Waals surface area contributed by atoms with Gasteiger partial charge in [-0.1, -0.05) is 140 Å². The standard InChI is InChI=1S/C46H31N7/c1-3-14-32(15-4-1)34-18-11-20-36(28-34)45-49-47-30-51(45)42-26-13-27-43(44(42)53-40-24-9-7-22-38(40)39-23-8-10-25-41(39)53)52-31-48-50-46(52)37-21-12-19-35(29-37)33-16-5-2-6-17-33/h1-31H. The van der Waals surface area contributed by atoms with Crippen LogP contribution >= 0.6 is 0 Å². The summed E-state index contributed by atoms with van der Waals surface area (Å²) in [4.78, 5) is 0. The second kappa shape index (κ2) is 12.7. The molecule has 10 aromatic rings. The fourth-order valence-electron chi connectivity index (χ4n) is 7.45. The Morgan fingerprint density at radius 1 is 0.340 bits per heavy atom. The van der Waals surface area contributed by atoms with Crippen LogP contribution in [0.1, 0.15) is 0 Å². The van der Waals surface area contributed by atoms with Crippen molar-refractivity contribution in [2.75, 3.05) is 0 Å². The second-order valence-electron chi connectivity index (χ2n) is 13.0. The molecule has 7 nitrogen and oxygen atoms in total. The molecule has 0 atom stereocenters. The Bertz CT molecular complexity index is 2710. The molecular formula is C46H31N7. The largest absolute Gasteiger partial charge is 0.305 e. The molecule has 0 saturated carbocycles. The van der Waals surface area contributed by atoms with Gasteiger partial charge in [-0.2, -0.15) is 0 Å². The Labute approximate surface area is 305 Å². The molecular weight excluding hydrogens is 651 g/mol. The minimum atomic E-state index is 0.737. The van der Waals surface area contributed by atoms with E-state index in [4.69, 9.17) is 10.2 Å². The Kier molecular flexibility index (Phi) is 7.32. The molecule has 0 saturated heterocycles. The molecule has 250 valence electrons. The summed E-state index contributed by atoms with van der Waals surface area (Å²) in [6, 6.07) is 61.3. The normalized spacial score (nSPS) is 11.4. The summed E-state index contributed by atoms with van der Waals surface area (Å²) < 4.78 is 6.53.